The summed E-state index contributed by atoms with van der Waals surface area (Å²) in [6.07, 6.45) is 4.88. The number of nitrogens with one attached hydrogen (secondary N) is 1. The van der Waals surface area contributed by atoms with E-state index in [1.54, 1.807) is 37.0 Å². The van der Waals surface area contributed by atoms with Gasteiger partial charge in [-0.2, -0.15) is 0 Å². The molecular weight excluding hydrogens is 564 g/mol. The molecule has 2 N–H and O–H groups in total. The number of carboxylic acids is 1. The number of hydrogen-bond donors (Lipinski definition) is 2. The van der Waals surface area contributed by atoms with E-state index < -0.39 is 18.0 Å². The third kappa shape index (κ3) is 5.26. The molecule has 1 saturated heterocycles. The third-order valence-corrected chi connectivity index (χ3v) is 10.0. The van der Waals surface area contributed by atoms with E-state index in [0.717, 1.165) is 39.4 Å². The van der Waals surface area contributed by atoms with Gasteiger partial charge in [0.05, 0.1) is 45.5 Å². The molecular formula is C27H25KN4O5S2. The number of β-lactam (4-membered cyclic amide) rings is 1. The van der Waals surface area contributed by atoms with Crippen LogP contribution >= 0.6 is 23.1 Å². The maximum Gasteiger partial charge on any atom is 1.00 e. The van der Waals surface area contributed by atoms with E-state index in [1.807, 2.05) is 18.2 Å². The average Bonchev–Trinajstić information content (AvgIpc) is 3.44. The molecule has 12 heteroatoms. The predicted molar refractivity (Wildman–Crippen MR) is 141 cm³/mol. The van der Waals surface area contributed by atoms with Crippen molar-refractivity contribution in [3.63, 3.8) is 0 Å². The van der Waals surface area contributed by atoms with Crippen molar-refractivity contribution in [1.29, 1.82) is 0 Å². The van der Waals surface area contributed by atoms with E-state index in [4.69, 9.17) is 4.98 Å². The molecule has 196 valence electrons. The Morgan fingerprint density at radius 2 is 2.13 bits per heavy atom. The standard InChI is InChI=1S/C27H26N4O5S2.K/c1-13(32)20-22-17-6-2-4-15(21(17)23(26(35)36)31(22)25(20)34)12-37-27-30-18-8-7-16(10-19(18)38-27)29-24(33)14-5-3-9-28-11-14;/h3,5,7-11,13,15,17,20,22,32H,2,4,6,12H2,1H3,(H,29,33)(H,35,36);/q;+1/p-1/t13-,15-,17+,20-,22-;/m1./s1. The second-order valence-electron chi connectivity index (χ2n) is 9.96. The van der Waals surface area contributed by atoms with Crippen molar-refractivity contribution in [2.75, 3.05) is 11.1 Å². The molecule has 2 aliphatic heterocycles. The molecule has 1 aromatic carbocycles. The Balaban J connectivity index is 0.00000308. The average molecular weight is 589 g/mol. The number of nitrogens with zero attached hydrogens (tertiary/aromatic N) is 3. The number of hydrogen-bond acceptors (Lipinski definition) is 9. The van der Waals surface area contributed by atoms with Crippen molar-refractivity contribution in [2.45, 2.75) is 42.7 Å². The largest absolute Gasteiger partial charge is 1.00 e. The fourth-order valence-corrected chi connectivity index (χ4v) is 8.38. The molecule has 1 saturated carbocycles. The molecule has 5 atom stereocenters. The maximum absolute atomic E-state index is 12.7. The molecule has 0 unspecified atom stereocenters. The third-order valence-electron chi connectivity index (χ3n) is 7.69. The van der Waals surface area contributed by atoms with Crippen LogP contribution in [0.4, 0.5) is 5.69 Å². The number of pyridine rings is 1. The zero-order valence-electron chi connectivity index (χ0n) is 21.5. The van der Waals surface area contributed by atoms with Gasteiger partial charge >= 0.3 is 51.4 Å². The van der Waals surface area contributed by atoms with Gasteiger partial charge in [0.25, 0.3) is 5.91 Å². The van der Waals surface area contributed by atoms with E-state index in [9.17, 15) is 24.6 Å². The summed E-state index contributed by atoms with van der Waals surface area (Å²) in [5.41, 5.74) is 2.78. The van der Waals surface area contributed by atoms with Crippen LogP contribution in [0.5, 0.6) is 0 Å². The van der Waals surface area contributed by atoms with Gasteiger partial charge in [0.2, 0.25) is 5.91 Å². The van der Waals surface area contributed by atoms with E-state index in [0.29, 0.717) is 17.0 Å². The number of carboxylic acid groups (broad SMARTS) is 1. The molecule has 0 radical (unpaired) electrons. The van der Waals surface area contributed by atoms with E-state index in [-0.39, 0.29) is 86.8 Å². The quantitative estimate of drug-likeness (QED) is 0.218. The van der Waals surface area contributed by atoms with Gasteiger partial charge in [-0.25, -0.2) is 4.98 Å². The number of aliphatic carboxylic acids is 1. The number of benzene rings is 1. The van der Waals surface area contributed by atoms with E-state index >= 15 is 0 Å². The Bertz CT molecular complexity index is 1480. The summed E-state index contributed by atoms with van der Waals surface area (Å²) < 4.78 is 1.79. The van der Waals surface area contributed by atoms with Crippen LogP contribution in [0.3, 0.4) is 0 Å². The van der Waals surface area contributed by atoms with Crippen LogP contribution in [0.25, 0.3) is 10.2 Å². The molecule has 2 amide bonds. The number of thiazole rings is 1. The fraction of sp³-hybridized carbons (Fsp3) is 0.370. The summed E-state index contributed by atoms with van der Waals surface area (Å²) in [5, 5.41) is 25.2. The number of rotatable bonds is 7. The van der Waals surface area contributed by atoms with Crippen LogP contribution in [0.1, 0.15) is 36.5 Å². The number of amides is 2. The molecule has 2 aromatic heterocycles. The monoisotopic (exact) mass is 588 g/mol. The minimum Gasteiger partial charge on any atom is -0.543 e. The predicted octanol–water partition coefficient (Wildman–Crippen LogP) is -0.319. The topological polar surface area (TPSA) is 136 Å². The number of aliphatic hydroxyl groups excluding tert-OH is 1. The Hall–Kier alpha value is -1.64. The molecule has 3 aromatic rings. The van der Waals surface area contributed by atoms with Gasteiger partial charge in [-0.3, -0.25) is 14.6 Å². The van der Waals surface area contributed by atoms with Gasteiger partial charge in [0, 0.05) is 29.8 Å². The first-order valence-corrected chi connectivity index (χ1v) is 14.3. The van der Waals surface area contributed by atoms with Crippen LogP contribution in [-0.4, -0.2) is 55.7 Å². The number of carbonyl (C=O) groups is 3. The number of thioether (sulfide) groups is 1. The number of aliphatic hydroxyl groups is 1. The second kappa shape index (κ2) is 11.7. The number of aromatic nitrogens is 2. The zero-order chi connectivity index (χ0) is 26.6. The first kappa shape index (κ1) is 28.9. The van der Waals surface area contributed by atoms with Gasteiger partial charge < -0.3 is 25.2 Å². The van der Waals surface area contributed by atoms with Crippen LogP contribution in [0, 0.1) is 17.8 Å². The van der Waals surface area contributed by atoms with Crippen molar-refractivity contribution >= 4 is 56.8 Å². The maximum atomic E-state index is 12.7. The molecule has 9 nitrogen and oxygen atoms in total. The van der Waals surface area contributed by atoms with Gasteiger partial charge in [-0.05, 0) is 61.6 Å². The molecule has 3 aliphatic rings. The van der Waals surface area contributed by atoms with Crippen molar-refractivity contribution in [3.8, 4) is 0 Å². The number of carbonyl (C=O) groups excluding carboxylic acids is 3. The van der Waals surface area contributed by atoms with Crippen LogP contribution in [0.2, 0.25) is 0 Å². The van der Waals surface area contributed by atoms with Crippen molar-refractivity contribution in [2.24, 2.45) is 17.8 Å². The summed E-state index contributed by atoms with van der Waals surface area (Å²) in [4.78, 5) is 47.4. The van der Waals surface area contributed by atoms with Gasteiger partial charge in [-0.1, -0.05) is 18.2 Å². The Morgan fingerprint density at radius 3 is 2.85 bits per heavy atom. The van der Waals surface area contributed by atoms with Crippen molar-refractivity contribution in [1.82, 2.24) is 14.9 Å². The molecule has 2 fully saturated rings. The van der Waals surface area contributed by atoms with Gasteiger partial charge in [0.15, 0.2) is 4.34 Å². The Morgan fingerprint density at radius 1 is 1.31 bits per heavy atom. The number of anilines is 1. The Kier molecular flexibility index (Phi) is 8.65. The molecule has 0 spiro atoms. The first-order chi connectivity index (χ1) is 18.3. The summed E-state index contributed by atoms with van der Waals surface area (Å²) >= 11 is 3.09. The first-order valence-electron chi connectivity index (χ1n) is 12.5. The normalized spacial score (nSPS) is 24.5. The zero-order valence-corrected chi connectivity index (χ0v) is 26.3. The molecule has 0 bridgehead atoms. The molecule has 1 aliphatic carbocycles. The smallest absolute Gasteiger partial charge is 0.543 e. The molecule has 39 heavy (non-hydrogen) atoms. The minimum atomic E-state index is -1.32. The number of fused-ring (bicyclic) bond motifs is 4. The summed E-state index contributed by atoms with van der Waals surface area (Å²) in [7, 11) is 0. The van der Waals surface area contributed by atoms with Crippen LogP contribution < -0.4 is 61.8 Å². The van der Waals surface area contributed by atoms with Crippen LogP contribution in [0.15, 0.2) is 58.3 Å². The van der Waals surface area contributed by atoms with Crippen molar-refractivity contribution < 1.29 is 76.0 Å². The minimum absolute atomic E-state index is 0. The van der Waals surface area contributed by atoms with Crippen molar-refractivity contribution in [3.05, 3.63) is 59.6 Å². The SMILES string of the molecule is C[C@@H](O)[C@H]1C(=O)N2C(C(=O)[O-])=C3[C@@H](CSc4nc5ccc(NC(=O)c6cccnc6)cc5s4)CCC[C@@H]3[C@H]12.[K+]. The fourth-order valence-electron chi connectivity index (χ4n) is 6.08. The molecule has 6 rings (SSSR count). The van der Waals surface area contributed by atoms with E-state index in [2.05, 4.69) is 10.3 Å². The summed E-state index contributed by atoms with van der Waals surface area (Å²) in [5.74, 6) is -1.87. The second-order valence-corrected chi connectivity index (χ2v) is 12.3. The summed E-state index contributed by atoms with van der Waals surface area (Å²) in [6, 6.07) is 8.69. The summed E-state index contributed by atoms with van der Waals surface area (Å²) in [6.45, 7) is 1.59. The van der Waals surface area contributed by atoms with E-state index in [1.165, 1.54) is 22.4 Å². The van der Waals surface area contributed by atoms with Gasteiger partial charge in [-0.15, -0.1) is 11.3 Å². The molecule has 4 heterocycles. The Labute approximate surface area is 275 Å². The van der Waals surface area contributed by atoms with Crippen LogP contribution in [-0.2, 0) is 9.59 Å². The van der Waals surface area contributed by atoms with Gasteiger partial charge in [0.1, 0.15) is 0 Å².